The number of phenols is 1. The molecule has 3 aliphatic rings. The Morgan fingerprint density at radius 3 is 2.30 bits per heavy atom. The molecule has 0 spiro atoms. The van der Waals surface area contributed by atoms with Crippen molar-refractivity contribution in [2.75, 3.05) is 5.32 Å². The summed E-state index contributed by atoms with van der Waals surface area (Å²) in [5.41, 5.74) is 0.00840. The smallest absolute Gasteiger partial charge is 0.333 e. The van der Waals surface area contributed by atoms with Crippen LogP contribution in [-0.4, -0.2) is 69.2 Å². The average molecular weight is 678 g/mol. The van der Waals surface area contributed by atoms with Crippen LogP contribution >= 0.6 is 15.9 Å². The van der Waals surface area contributed by atoms with Gasteiger partial charge in [-0.2, -0.15) is 0 Å². The summed E-state index contributed by atoms with van der Waals surface area (Å²) in [5, 5.41) is 57.8. The Balaban J connectivity index is 1.55. The highest BCUT2D eigenvalue weighted by atomic mass is 79.9. The molecule has 5 atom stereocenters. The molecule has 2 aromatic rings. The van der Waals surface area contributed by atoms with Crippen molar-refractivity contribution < 1.29 is 53.1 Å². The monoisotopic (exact) mass is 677 g/mol. The number of aromatic hydroxyl groups is 1. The summed E-state index contributed by atoms with van der Waals surface area (Å²) < 4.78 is 27.6. The van der Waals surface area contributed by atoms with E-state index in [0.717, 1.165) is 0 Å². The number of nitrogens with one attached hydrogen (secondary N) is 2. The normalized spacial score (nSPS) is 26.8. The van der Waals surface area contributed by atoms with E-state index in [2.05, 4.69) is 21.2 Å². The van der Waals surface area contributed by atoms with E-state index in [0.29, 0.717) is 4.47 Å². The van der Waals surface area contributed by atoms with Gasteiger partial charge in [0.2, 0.25) is 5.78 Å². The number of fused-ring (bicyclic) bond motifs is 3. The molecule has 0 aromatic heterocycles. The second kappa shape index (κ2) is 10.2. The maximum absolute atomic E-state index is 13.7. The number of carbonyl (C=O) groups excluding carboxylic acids is 4. The fourth-order valence-electron chi connectivity index (χ4n) is 6.04. The van der Waals surface area contributed by atoms with Gasteiger partial charge in [-0.3, -0.25) is 14.4 Å². The number of primary amides is 1. The molecule has 0 unspecified atom stereocenters. The molecule has 0 saturated heterocycles. The van der Waals surface area contributed by atoms with Crippen LogP contribution in [0.1, 0.15) is 30.4 Å². The van der Waals surface area contributed by atoms with Gasteiger partial charge in [-0.1, -0.05) is 28.9 Å². The fourth-order valence-corrected chi connectivity index (χ4v) is 7.21. The van der Waals surface area contributed by atoms with Crippen molar-refractivity contribution in [1.29, 1.82) is 0 Å². The van der Waals surface area contributed by atoms with Crippen LogP contribution in [0.5, 0.6) is 5.75 Å². The van der Waals surface area contributed by atoms with Crippen LogP contribution in [0.2, 0.25) is 0 Å². The van der Waals surface area contributed by atoms with Gasteiger partial charge in [-0.05, 0) is 41.8 Å². The van der Waals surface area contributed by atoms with E-state index >= 15 is 0 Å². The van der Waals surface area contributed by atoms with Crippen LogP contribution in [0.4, 0.5) is 10.5 Å². The van der Waals surface area contributed by atoms with Gasteiger partial charge < -0.3 is 36.6 Å². The summed E-state index contributed by atoms with van der Waals surface area (Å²) in [7, 11) is -4.32. The Hall–Kier alpha value is -4.25. The fraction of sp³-hybridized carbons (Fsp3) is 0.259. The van der Waals surface area contributed by atoms with Crippen molar-refractivity contribution in [1.82, 2.24) is 4.72 Å². The summed E-state index contributed by atoms with van der Waals surface area (Å²) in [6.45, 7) is 1.54. The number of hydrogen-bond acceptors (Lipinski definition) is 11. The number of hydrogen-bond donors (Lipinski definition) is 8. The molecule has 5 rings (SSSR count). The van der Waals surface area contributed by atoms with E-state index < -0.39 is 97.8 Å². The summed E-state index contributed by atoms with van der Waals surface area (Å²) in [4.78, 5) is 50.4. The topological polar surface area (TPSA) is 254 Å². The lowest BCUT2D eigenvalue weighted by Gasteiger charge is -2.50. The number of sulfonamides is 1. The number of urea groups is 1. The van der Waals surface area contributed by atoms with Gasteiger partial charge in [-0.25, -0.2) is 17.9 Å². The standard InChI is InChI=1S/C27H24BrN3O11S/c1-9-12-6-7-14(30-26(39)31-43(41,42)11-4-2-10(28)3-5-11)21(34)17(12)22(35)19-16(9)20(33)13-8-15(32)18(25(29)38)23(36)27(13,40)24(19)37/h2-7,9,13,16,20,33-36,40H,8H2,1H3,(H2,29,38)(H2,30,31,39)/t9-,13+,16+,20+,27+/m0/s1. The van der Waals surface area contributed by atoms with E-state index in [-0.39, 0.29) is 21.7 Å². The molecular formula is C27H24BrN3O11S. The Kier molecular flexibility index (Phi) is 7.16. The van der Waals surface area contributed by atoms with Crippen molar-refractivity contribution in [3.8, 4) is 5.75 Å². The van der Waals surface area contributed by atoms with Crippen LogP contribution in [0, 0.1) is 11.8 Å². The highest BCUT2D eigenvalue weighted by Crippen LogP contribution is 2.56. The molecule has 9 N–H and O–H groups in total. The molecule has 0 heterocycles. The molecule has 43 heavy (non-hydrogen) atoms. The zero-order valence-electron chi connectivity index (χ0n) is 22.0. The number of aliphatic hydroxyl groups excluding tert-OH is 3. The molecule has 0 radical (unpaired) electrons. The molecule has 0 bridgehead atoms. The molecular weight excluding hydrogens is 654 g/mol. The van der Waals surface area contributed by atoms with Crippen LogP contribution in [0.3, 0.4) is 0 Å². The average Bonchev–Trinajstić information content (AvgIpc) is 2.92. The van der Waals surface area contributed by atoms with Gasteiger partial charge in [-0.15, -0.1) is 0 Å². The second-order valence-electron chi connectivity index (χ2n) is 10.4. The number of amides is 3. The van der Waals surface area contributed by atoms with Crippen LogP contribution < -0.4 is 15.8 Å². The van der Waals surface area contributed by atoms with Gasteiger partial charge in [0, 0.05) is 28.3 Å². The molecule has 226 valence electrons. The minimum Gasteiger partial charge on any atom is -0.508 e. The van der Waals surface area contributed by atoms with E-state index in [1.807, 2.05) is 0 Å². The lowest BCUT2D eigenvalue weighted by Crippen LogP contribution is -2.63. The van der Waals surface area contributed by atoms with Crippen LogP contribution in [0.25, 0.3) is 5.76 Å². The number of Topliss-reactive ketones (excluding diaryl/α,β-unsaturated/α-hetero) is 2. The molecule has 14 nitrogen and oxygen atoms in total. The lowest BCUT2D eigenvalue weighted by molar-refractivity contribution is -0.160. The second-order valence-corrected chi connectivity index (χ2v) is 13.0. The number of nitrogens with two attached hydrogens (primary N) is 1. The van der Waals surface area contributed by atoms with Crippen molar-refractivity contribution in [3.63, 3.8) is 0 Å². The zero-order valence-corrected chi connectivity index (χ0v) is 24.4. The molecule has 3 amide bonds. The maximum Gasteiger partial charge on any atom is 0.333 e. The molecule has 1 saturated carbocycles. The Labute approximate surface area is 251 Å². The predicted octanol–water partition coefficient (Wildman–Crippen LogP) is 1.23. The first-order chi connectivity index (χ1) is 20.0. The number of rotatable bonds is 4. The number of phenolic OH excluding ortho intramolecular Hbond substituents is 1. The summed E-state index contributed by atoms with van der Waals surface area (Å²) in [6, 6.07) is 6.68. The quantitative estimate of drug-likeness (QED) is 0.169. The number of carbonyl (C=O) groups is 4. The number of halogens is 1. The van der Waals surface area contributed by atoms with Gasteiger partial charge in [0.15, 0.2) is 11.4 Å². The molecule has 3 aliphatic carbocycles. The first kappa shape index (κ1) is 30.2. The molecule has 2 aromatic carbocycles. The predicted molar refractivity (Wildman–Crippen MR) is 151 cm³/mol. The Bertz CT molecular complexity index is 1800. The van der Waals surface area contributed by atoms with Crippen molar-refractivity contribution in [3.05, 3.63) is 68.9 Å². The SMILES string of the molecule is C[C@H]1c2ccc(NC(=O)NS(=O)(=O)c3ccc(Br)cc3)c(O)c2C(O)=C2C(=O)[C@]3(O)C(O)=C(C(N)=O)C(=O)C[C@@H]3[C@@H](O)[C@@H]21. The summed E-state index contributed by atoms with van der Waals surface area (Å²) >= 11 is 3.17. The Morgan fingerprint density at radius 1 is 1.07 bits per heavy atom. The van der Waals surface area contributed by atoms with Crippen LogP contribution in [0.15, 0.2) is 62.7 Å². The molecule has 16 heteroatoms. The van der Waals surface area contributed by atoms with Crippen molar-refractivity contribution in [2.45, 2.75) is 35.9 Å². The van der Waals surface area contributed by atoms with Crippen LogP contribution in [-0.2, 0) is 24.4 Å². The highest BCUT2D eigenvalue weighted by molar-refractivity contribution is 9.10. The largest absolute Gasteiger partial charge is 0.508 e. The van der Waals surface area contributed by atoms with Gasteiger partial charge >= 0.3 is 6.03 Å². The molecule has 1 fully saturated rings. The van der Waals surface area contributed by atoms with E-state index in [4.69, 9.17) is 5.73 Å². The van der Waals surface area contributed by atoms with Gasteiger partial charge in [0.25, 0.3) is 15.9 Å². The van der Waals surface area contributed by atoms with E-state index in [1.165, 1.54) is 43.3 Å². The number of aliphatic hydroxyl groups is 4. The third-order valence-electron chi connectivity index (χ3n) is 8.10. The zero-order chi connectivity index (χ0) is 31.8. The number of benzene rings is 2. The van der Waals surface area contributed by atoms with Crippen molar-refractivity contribution in [2.24, 2.45) is 17.6 Å². The van der Waals surface area contributed by atoms with E-state index in [1.54, 1.807) is 4.72 Å². The van der Waals surface area contributed by atoms with Gasteiger partial charge in [0.1, 0.15) is 22.8 Å². The third kappa shape index (κ3) is 4.48. The Morgan fingerprint density at radius 2 is 1.70 bits per heavy atom. The minimum atomic E-state index is -4.32. The maximum atomic E-state index is 13.7. The number of ketones is 2. The van der Waals surface area contributed by atoms with Crippen molar-refractivity contribution >= 4 is 60.9 Å². The first-order valence-corrected chi connectivity index (χ1v) is 14.9. The lowest BCUT2D eigenvalue weighted by atomic mass is 9.55. The minimum absolute atomic E-state index is 0.203. The summed E-state index contributed by atoms with van der Waals surface area (Å²) in [5.74, 6) is -10.4. The van der Waals surface area contributed by atoms with Gasteiger partial charge in [0.05, 0.1) is 22.3 Å². The highest BCUT2D eigenvalue weighted by Gasteiger charge is 2.64. The molecule has 0 aliphatic heterocycles. The number of anilines is 1. The third-order valence-corrected chi connectivity index (χ3v) is 9.98. The van der Waals surface area contributed by atoms with E-state index in [9.17, 15) is 53.1 Å². The first-order valence-electron chi connectivity index (χ1n) is 12.6. The summed E-state index contributed by atoms with van der Waals surface area (Å²) in [6.07, 6.45) is -2.40.